The average Bonchev–Trinajstić information content (AvgIpc) is 2.79. The Kier molecular flexibility index (Phi) is 3.57. The Morgan fingerprint density at radius 3 is 2.71 bits per heavy atom. The average molecular weight is 286 g/mol. The molecular formula is C17H22N2O2. The monoisotopic (exact) mass is 286 g/mol. The van der Waals surface area contributed by atoms with Crippen LogP contribution in [-0.2, 0) is 18.3 Å². The molecule has 1 aromatic heterocycles. The van der Waals surface area contributed by atoms with Crippen molar-refractivity contribution in [3.8, 4) is 0 Å². The molecule has 1 aromatic carbocycles. The van der Waals surface area contributed by atoms with Gasteiger partial charge in [0.15, 0.2) is 5.78 Å². The van der Waals surface area contributed by atoms with Gasteiger partial charge in [0.2, 0.25) is 0 Å². The molecule has 4 nitrogen and oxygen atoms in total. The topological polar surface area (TPSA) is 55.1 Å². The molecule has 0 spiro atoms. The first kappa shape index (κ1) is 14.3. The van der Waals surface area contributed by atoms with E-state index in [0.717, 1.165) is 29.7 Å². The van der Waals surface area contributed by atoms with Gasteiger partial charge in [0.25, 0.3) is 0 Å². The number of rotatable bonds is 3. The highest BCUT2D eigenvalue weighted by Crippen LogP contribution is 2.33. The molecule has 0 radical (unpaired) electrons. The Balaban J connectivity index is 1.81. The first-order valence-electron chi connectivity index (χ1n) is 7.65. The van der Waals surface area contributed by atoms with Crippen LogP contribution in [0.3, 0.4) is 0 Å². The molecule has 1 aliphatic rings. The lowest BCUT2D eigenvalue weighted by Crippen LogP contribution is -2.43. The van der Waals surface area contributed by atoms with Crippen LogP contribution in [0.25, 0.3) is 11.0 Å². The highest BCUT2D eigenvalue weighted by Gasteiger charge is 2.38. The standard InChI is InChI=1S/C17H22N2O2/c1-12-7-9-17(21,10-8-12)15(20)11-16-18-13-5-3-4-6-14(13)19(16)2/h3-6,12,21H,7-11H2,1-2H3. The van der Waals surface area contributed by atoms with Gasteiger partial charge in [-0.1, -0.05) is 19.1 Å². The van der Waals surface area contributed by atoms with E-state index in [9.17, 15) is 9.90 Å². The predicted molar refractivity (Wildman–Crippen MR) is 82.0 cm³/mol. The lowest BCUT2D eigenvalue weighted by molar-refractivity contribution is -0.140. The van der Waals surface area contributed by atoms with E-state index in [0.29, 0.717) is 18.8 Å². The largest absolute Gasteiger partial charge is 0.382 e. The zero-order chi connectivity index (χ0) is 15.0. The van der Waals surface area contributed by atoms with Crippen LogP contribution in [-0.4, -0.2) is 26.0 Å². The number of aryl methyl sites for hydroxylation is 1. The van der Waals surface area contributed by atoms with E-state index in [1.807, 2.05) is 35.9 Å². The molecule has 0 bridgehead atoms. The van der Waals surface area contributed by atoms with Gasteiger partial charge in [-0.15, -0.1) is 0 Å². The van der Waals surface area contributed by atoms with E-state index < -0.39 is 5.60 Å². The number of imidazole rings is 1. The van der Waals surface area contributed by atoms with Crippen molar-refractivity contribution in [2.24, 2.45) is 13.0 Å². The van der Waals surface area contributed by atoms with Crippen LogP contribution in [0.1, 0.15) is 38.4 Å². The van der Waals surface area contributed by atoms with Gasteiger partial charge in [0.1, 0.15) is 11.4 Å². The summed E-state index contributed by atoms with van der Waals surface area (Å²) in [5.41, 5.74) is 0.765. The number of para-hydroxylation sites is 2. The smallest absolute Gasteiger partial charge is 0.171 e. The fourth-order valence-corrected chi connectivity index (χ4v) is 3.18. The Morgan fingerprint density at radius 2 is 2.05 bits per heavy atom. The second kappa shape index (κ2) is 5.26. The van der Waals surface area contributed by atoms with Crippen LogP contribution in [0.4, 0.5) is 0 Å². The highest BCUT2D eigenvalue weighted by molar-refractivity contribution is 5.89. The second-order valence-electron chi connectivity index (χ2n) is 6.39. The van der Waals surface area contributed by atoms with E-state index >= 15 is 0 Å². The van der Waals surface area contributed by atoms with Gasteiger partial charge in [-0.25, -0.2) is 4.98 Å². The van der Waals surface area contributed by atoms with Crippen LogP contribution in [0.5, 0.6) is 0 Å². The van der Waals surface area contributed by atoms with E-state index in [-0.39, 0.29) is 12.2 Å². The molecule has 112 valence electrons. The van der Waals surface area contributed by atoms with Crippen molar-refractivity contribution < 1.29 is 9.90 Å². The summed E-state index contributed by atoms with van der Waals surface area (Å²) in [6.45, 7) is 2.18. The first-order chi connectivity index (χ1) is 9.99. The number of ketones is 1. The molecule has 0 unspecified atom stereocenters. The Hall–Kier alpha value is -1.68. The minimum absolute atomic E-state index is 0.0900. The number of carbonyl (C=O) groups excluding carboxylic acids is 1. The van der Waals surface area contributed by atoms with E-state index in [2.05, 4.69) is 11.9 Å². The third-order valence-electron chi connectivity index (χ3n) is 4.82. The highest BCUT2D eigenvalue weighted by atomic mass is 16.3. The SMILES string of the molecule is CC1CCC(O)(C(=O)Cc2nc3ccccc3n2C)CC1. The maximum Gasteiger partial charge on any atom is 0.171 e. The van der Waals surface area contributed by atoms with Gasteiger partial charge < -0.3 is 9.67 Å². The van der Waals surface area contributed by atoms with Crippen LogP contribution < -0.4 is 0 Å². The molecule has 3 rings (SSSR count). The quantitative estimate of drug-likeness (QED) is 0.943. The number of nitrogens with zero attached hydrogens (tertiary/aromatic N) is 2. The lowest BCUT2D eigenvalue weighted by Gasteiger charge is -2.33. The van der Waals surface area contributed by atoms with Crippen molar-refractivity contribution in [1.82, 2.24) is 9.55 Å². The van der Waals surface area contributed by atoms with Gasteiger partial charge in [0, 0.05) is 7.05 Å². The summed E-state index contributed by atoms with van der Waals surface area (Å²) in [5.74, 6) is 1.25. The third kappa shape index (κ3) is 2.60. The molecule has 21 heavy (non-hydrogen) atoms. The molecule has 1 fully saturated rings. The fraction of sp³-hybridized carbons (Fsp3) is 0.529. The zero-order valence-electron chi connectivity index (χ0n) is 12.7. The van der Waals surface area contributed by atoms with Crippen molar-refractivity contribution in [2.45, 2.75) is 44.6 Å². The Bertz CT molecular complexity index is 666. The van der Waals surface area contributed by atoms with Crippen molar-refractivity contribution in [2.75, 3.05) is 0 Å². The summed E-state index contributed by atoms with van der Waals surface area (Å²) in [6.07, 6.45) is 3.21. The zero-order valence-corrected chi connectivity index (χ0v) is 12.7. The summed E-state index contributed by atoms with van der Waals surface area (Å²) >= 11 is 0. The van der Waals surface area contributed by atoms with Crippen LogP contribution >= 0.6 is 0 Å². The number of aliphatic hydroxyl groups is 1. The van der Waals surface area contributed by atoms with Crippen molar-refractivity contribution in [3.63, 3.8) is 0 Å². The summed E-state index contributed by atoms with van der Waals surface area (Å²) in [7, 11) is 1.92. The summed E-state index contributed by atoms with van der Waals surface area (Å²) in [5, 5.41) is 10.6. The molecule has 1 heterocycles. The van der Waals surface area contributed by atoms with Crippen LogP contribution in [0.2, 0.25) is 0 Å². The van der Waals surface area contributed by atoms with Crippen molar-refractivity contribution >= 4 is 16.8 Å². The van der Waals surface area contributed by atoms with Gasteiger partial charge in [-0.2, -0.15) is 0 Å². The number of aromatic nitrogens is 2. The molecule has 1 aliphatic carbocycles. The Labute approximate surface area is 124 Å². The maximum atomic E-state index is 12.5. The summed E-state index contributed by atoms with van der Waals surface area (Å²) < 4.78 is 1.95. The molecule has 4 heteroatoms. The molecule has 1 saturated carbocycles. The summed E-state index contributed by atoms with van der Waals surface area (Å²) in [6, 6.07) is 7.84. The molecule has 0 atom stereocenters. The second-order valence-corrected chi connectivity index (χ2v) is 6.39. The van der Waals surface area contributed by atoms with Crippen molar-refractivity contribution in [3.05, 3.63) is 30.1 Å². The lowest BCUT2D eigenvalue weighted by atomic mass is 9.76. The number of hydrogen-bond acceptors (Lipinski definition) is 3. The third-order valence-corrected chi connectivity index (χ3v) is 4.82. The number of fused-ring (bicyclic) bond motifs is 1. The number of benzene rings is 1. The Morgan fingerprint density at radius 1 is 1.38 bits per heavy atom. The van der Waals surface area contributed by atoms with Crippen molar-refractivity contribution in [1.29, 1.82) is 0 Å². The van der Waals surface area contributed by atoms with Crippen LogP contribution in [0, 0.1) is 5.92 Å². The molecular weight excluding hydrogens is 264 g/mol. The van der Waals surface area contributed by atoms with Gasteiger partial charge in [0.05, 0.1) is 17.5 Å². The summed E-state index contributed by atoms with van der Waals surface area (Å²) in [4.78, 5) is 17.0. The predicted octanol–water partition coefficient (Wildman–Crippen LogP) is 2.63. The molecule has 2 aromatic rings. The molecule has 0 aliphatic heterocycles. The molecule has 0 amide bonds. The van der Waals surface area contributed by atoms with E-state index in [1.54, 1.807) is 0 Å². The first-order valence-corrected chi connectivity index (χ1v) is 7.65. The van der Waals surface area contributed by atoms with Gasteiger partial charge >= 0.3 is 0 Å². The minimum atomic E-state index is -1.15. The fourth-order valence-electron chi connectivity index (χ4n) is 3.18. The molecule has 1 N–H and O–H groups in total. The normalized spacial score (nSPS) is 26.1. The minimum Gasteiger partial charge on any atom is -0.382 e. The number of carbonyl (C=O) groups is 1. The van der Waals surface area contributed by atoms with Gasteiger partial charge in [-0.05, 0) is 43.7 Å². The van der Waals surface area contributed by atoms with Crippen LogP contribution in [0.15, 0.2) is 24.3 Å². The van der Waals surface area contributed by atoms with E-state index in [1.165, 1.54) is 0 Å². The number of Topliss-reactive ketones (excluding diaryl/α,β-unsaturated/α-hetero) is 1. The number of hydrogen-bond donors (Lipinski definition) is 1. The maximum absolute atomic E-state index is 12.5. The van der Waals surface area contributed by atoms with E-state index in [4.69, 9.17) is 0 Å². The molecule has 0 saturated heterocycles. The van der Waals surface area contributed by atoms with Gasteiger partial charge in [-0.3, -0.25) is 4.79 Å².